The van der Waals surface area contributed by atoms with Crippen LogP contribution in [0.5, 0.6) is 5.75 Å². The summed E-state index contributed by atoms with van der Waals surface area (Å²) in [4.78, 5) is 0. The Bertz CT molecular complexity index is 334. The maximum absolute atomic E-state index is 5.91. The van der Waals surface area contributed by atoms with Crippen LogP contribution in [0.2, 0.25) is 0 Å². The Morgan fingerprint density at radius 3 is 2.87 bits per heavy atom. The number of hydrogen-bond donors (Lipinski definition) is 2. The highest BCUT2D eigenvalue weighted by Crippen LogP contribution is 2.31. The molecule has 0 saturated heterocycles. The third kappa shape index (κ3) is 2.86. The fraction of sp³-hybridized carbons (Fsp3) is 0.500. The molecule has 0 unspecified atom stereocenters. The van der Waals surface area contributed by atoms with Crippen molar-refractivity contribution < 1.29 is 4.74 Å². The molecule has 0 radical (unpaired) electrons. The zero-order valence-corrected chi connectivity index (χ0v) is 9.12. The number of anilines is 1. The van der Waals surface area contributed by atoms with Crippen molar-refractivity contribution in [3.8, 4) is 5.75 Å². The Hall–Kier alpha value is -1.22. The first-order chi connectivity index (χ1) is 7.29. The molecule has 0 atom stereocenters. The lowest BCUT2D eigenvalue weighted by Crippen LogP contribution is -2.06. The van der Waals surface area contributed by atoms with Crippen LogP contribution >= 0.6 is 0 Å². The summed E-state index contributed by atoms with van der Waals surface area (Å²) in [5, 5.41) is 3.09. The second-order valence-corrected chi connectivity index (χ2v) is 4.16. The van der Waals surface area contributed by atoms with Crippen molar-refractivity contribution in [2.45, 2.75) is 19.4 Å². The average molecular weight is 206 g/mol. The Balaban J connectivity index is 1.97. The van der Waals surface area contributed by atoms with Gasteiger partial charge in [0.15, 0.2) is 0 Å². The van der Waals surface area contributed by atoms with E-state index in [2.05, 4.69) is 11.4 Å². The van der Waals surface area contributed by atoms with Crippen LogP contribution in [0.25, 0.3) is 0 Å². The summed E-state index contributed by atoms with van der Waals surface area (Å²) in [6.45, 7) is 1.66. The summed E-state index contributed by atoms with van der Waals surface area (Å²) in [6, 6.07) is 5.98. The molecule has 2 rings (SSSR count). The molecule has 0 amide bonds. The third-order valence-corrected chi connectivity index (χ3v) is 2.63. The van der Waals surface area contributed by atoms with Crippen LogP contribution < -0.4 is 15.8 Å². The van der Waals surface area contributed by atoms with Crippen molar-refractivity contribution in [1.29, 1.82) is 0 Å². The van der Waals surface area contributed by atoms with Gasteiger partial charge in [-0.15, -0.1) is 0 Å². The summed E-state index contributed by atoms with van der Waals surface area (Å²) in [7, 11) is 1.92. The van der Waals surface area contributed by atoms with Crippen LogP contribution in [0.15, 0.2) is 18.2 Å². The number of nitrogens with two attached hydrogens (primary N) is 1. The van der Waals surface area contributed by atoms with Gasteiger partial charge in [-0.3, -0.25) is 0 Å². The van der Waals surface area contributed by atoms with Crippen molar-refractivity contribution >= 4 is 5.69 Å². The second kappa shape index (κ2) is 4.53. The predicted molar refractivity (Wildman–Crippen MR) is 61.8 cm³/mol. The fourth-order valence-corrected chi connectivity index (χ4v) is 1.54. The molecule has 1 fully saturated rings. The van der Waals surface area contributed by atoms with E-state index in [1.54, 1.807) is 0 Å². The van der Waals surface area contributed by atoms with Gasteiger partial charge in [-0.05, 0) is 43.5 Å². The van der Waals surface area contributed by atoms with Gasteiger partial charge < -0.3 is 15.8 Å². The Labute approximate surface area is 90.6 Å². The number of nitrogen functional groups attached to an aromatic ring is 1. The fourth-order valence-electron chi connectivity index (χ4n) is 1.54. The van der Waals surface area contributed by atoms with Crippen molar-refractivity contribution in [3.63, 3.8) is 0 Å². The normalized spacial score (nSPS) is 15.3. The van der Waals surface area contributed by atoms with Crippen molar-refractivity contribution in [2.24, 2.45) is 5.92 Å². The van der Waals surface area contributed by atoms with Gasteiger partial charge >= 0.3 is 0 Å². The summed E-state index contributed by atoms with van der Waals surface area (Å²) in [5.41, 5.74) is 7.83. The molecule has 3 N–H and O–H groups in total. The number of hydrogen-bond acceptors (Lipinski definition) is 3. The summed E-state index contributed by atoms with van der Waals surface area (Å²) < 4.78 is 5.65. The number of nitrogens with one attached hydrogen (secondary N) is 1. The highest BCUT2D eigenvalue weighted by Gasteiger charge is 2.22. The van der Waals surface area contributed by atoms with Gasteiger partial charge in [0.05, 0.1) is 12.3 Å². The molecule has 1 aliphatic carbocycles. The van der Waals surface area contributed by atoms with Gasteiger partial charge in [-0.1, -0.05) is 6.07 Å². The van der Waals surface area contributed by atoms with E-state index in [0.29, 0.717) is 0 Å². The van der Waals surface area contributed by atoms with E-state index < -0.39 is 0 Å². The summed E-state index contributed by atoms with van der Waals surface area (Å²) in [5.74, 6) is 1.59. The van der Waals surface area contributed by atoms with Gasteiger partial charge in [0, 0.05) is 6.54 Å². The summed E-state index contributed by atoms with van der Waals surface area (Å²) in [6.07, 6.45) is 2.61. The maximum Gasteiger partial charge on any atom is 0.142 e. The predicted octanol–water partition coefficient (Wildman–Crippen LogP) is 1.78. The summed E-state index contributed by atoms with van der Waals surface area (Å²) >= 11 is 0. The van der Waals surface area contributed by atoms with Gasteiger partial charge in [-0.2, -0.15) is 0 Å². The molecule has 1 saturated carbocycles. The van der Waals surface area contributed by atoms with Crippen LogP contribution in [0.3, 0.4) is 0 Å². The first-order valence-electron chi connectivity index (χ1n) is 5.45. The minimum atomic E-state index is 0.739. The number of ether oxygens (including phenoxy) is 1. The number of rotatable bonds is 5. The molecule has 3 nitrogen and oxygen atoms in total. The number of benzene rings is 1. The molecule has 0 spiro atoms. The lowest BCUT2D eigenvalue weighted by Gasteiger charge is -2.09. The molecule has 1 aliphatic rings. The molecule has 0 heterocycles. The topological polar surface area (TPSA) is 47.3 Å². The highest BCUT2D eigenvalue weighted by atomic mass is 16.5. The maximum atomic E-state index is 5.91. The largest absolute Gasteiger partial charge is 0.491 e. The third-order valence-electron chi connectivity index (χ3n) is 2.63. The van der Waals surface area contributed by atoms with E-state index >= 15 is 0 Å². The SMILES string of the molecule is CNCc1ccc(OCC2CC2)c(N)c1. The molecule has 82 valence electrons. The van der Waals surface area contributed by atoms with Crippen molar-refractivity contribution in [2.75, 3.05) is 19.4 Å². The monoisotopic (exact) mass is 206 g/mol. The Morgan fingerprint density at radius 2 is 2.27 bits per heavy atom. The van der Waals surface area contributed by atoms with Gasteiger partial charge in [0.1, 0.15) is 5.75 Å². The Kier molecular flexibility index (Phi) is 3.11. The van der Waals surface area contributed by atoms with E-state index in [9.17, 15) is 0 Å². The molecular weight excluding hydrogens is 188 g/mol. The molecule has 15 heavy (non-hydrogen) atoms. The smallest absolute Gasteiger partial charge is 0.142 e. The lowest BCUT2D eigenvalue weighted by molar-refractivity contribution is 0.301. The molecule has 3 heteroatoms. The van der Waals surface area contributed by atoms with Crippen molar-refractivity contribution in [1.82, 2.24) is 5.32 Å². The van der Waals surface area contributed by atoms with E-state index in [1.807, 2.05) is 19.2 Å². The van der Waals surface area contributed by atoms with Crippen molar-refractivity contribution in [3.05, 3.63) is 23.8 Å². The van der Waals surface area contributed by atoms with Crippen LogP contribution in [-0.2, 0) is 6.54 Å². The van der Waals surface area contributed by atoms with Gasteiger partial charge in [0.25, 0.3) is 0 Å². The van der Waals surface area contributed by atoms with Crippen LogP contribution in [0, 0.1) is 5.92 Å². The minimum Gasteiger partial charge on any atom is -0.491 e. The molecule has 1 aromatic carbocycles. The standard InChI is InChI=1S/C12H18N2O/c1-14-7-10-4-5-12(11(13)6-10)15-8-9-2-3-9/h4-6,9,14H,2-3,7-8,13H2,1H3. The van der Waals surface area contributed by atoms with E-state index in [1.165, 1.54) is 18.4 Å². The lowest BCUT2D eigenvalue weighted by atomic mass is 10.2. The van der Waals surface area contributed by atoms with Crippen LogP contribution in [0.1, 0.15) is 18.4 Å². The van der Waals surface area contributed by atoms with Gasteiger partial charge in [-0.25, -0.2) is 0 Å². The van der Waals surface area contributed by atoms with E-state index in [4.69, 9.17) is 10.5 Å². The zero-order chi connectivity index (χ0) is 10.7. The molecule has 0 aromatic heterocycles. The molecule has 1 aromatic rings. The van der Waals surface area contributed by atoms with E-state index in [-0.39, 0.29) is 0 Å². The second-order valence-electron chi connectivity index (χ2n) is 4.16. The Morgan fingerprint density at radius 1 is 1.47 bits per heavy atom. The van der Waals surface area contributed by atoms with Crippen LogP contribution in [0.4, 0.5) is 5.69 Å². The minimum absolute atomic E-state index is 0.739. The molecule has 0 aliphatic heterocycles. The van der Waals surface area contributed by atoms with E-state index in [0.717, 1.165) is 30.5 Å². The average Bonchev–Trinajstić information content (AvgIpc) is 3.01. The molecule has 0 bridgehead atoms. The highest BCUT2D eigenvalue weighted by molar-refractivity contribution is 5.54. The molecular formula is C12H18N2O. The van der Waals surface area contributed by atoms with Gasteiger partial charge in [0.2, 0.25) is 0 Å². The first-order valence-corrected chi connectivity index (χ1v) is 5.45. The zero-order valence-electron chi connectivity index (χ0n) is 9.12. The first kappa shape index (κ1) is 10.3. The van der Waals surface area contributed by atoms with Crippen LogP contribution in [-0.4, -0.2) is 13.7 Å². The quantitative estimate of drug-likeness (QED) is 0.722.